The molecule has 0 spiro atoms. The third-order valence-electron chi connectivity index (χ3n) is 2.37. The summed E-state index contributed by atoms with van der Waals surface area (Å²) in [5.41, 5.74) is 1.64. The van der Waals surface area contributed by atoms with Crippen molar-refractivity contribution in [1.29, 1.82) is 0 Å². The Kier molecular flexibility index (Phi) is 2.37. The van der Waals surface area contributed by atoms with Crippen LogP contribution in [0.5, 0.6) is 0 Å². The summed E-state index contributed by atoms with van der Waals surface area (Å²) < 4.78 is 1.79. The highest BCUT2D eigenvalue weighted by Gasteiger charge is 2.14. The van der Waals surface area contributed by atoms with Crippen LogP contribution in [-0.4, -0.2) is 25.7 Å². The van der Waals surface area contributed by atoms with Gasteiger partial charge in [-0.1, -0.05) is 13.0 Å². The average molecular weight is 205 g/mol. The molecule has 0 saturated heterocycles. The van der Waals surface area contributed by atoms with Crippen molar-refractivity contribution in [3.63, 3.8) is 0 Å². The first-order valence-electron chi connectivity index (χ1n) is 4.68. The van der Waals surface area contributed by atoms with Crippen LogP contribution in [0.25, 0.3) is 5.65 Å². The van der Waals surface area contributed by atoms with Gasteiger partial charge >= 0.3 is 5.97 Å². The Hall–Kier alpha value is -1.91. The van der Waals surface area contributed by atoms with E-state index in [1.54, 1.807) is 10.7 Å². The molecule has 1 unspecified atom stereocenters. The van der Waals surface area contributed by atoms with Gasteiger partial charge in [-0.05, 0) is 12.0 Å². The number of rotatable bonds is 3. The molecule has 78 valence electrons. The molecule has 0 saturated carbocycles. The van der Waals surface area contributed by atoms with Gasteiger partial charge in [-0.3, -0.25) is 9.20 Å². The predicted molar refractivity (Wildman–Crippen MR) is 53.7 cm³/mol. The summed E-state index contributed by atoms with van der Waals surface area (Å²) >= 11 is 0. The fraction of sp³-hybridized carbons (Fsp3) is 0.300. The molecule has 1 N–H and O–H groups in total. The summed E-state index contributed by atoms with van der Waals surface area (Å²) in [6.45, 7) is 1.87. The molecule has 15 heavy (non-hydrogen) atoms. The first-order valence-corrected chi connectivity index (χ1v) is 4.68. The molecule has 2 aromatic rings. The molecule has 0 aliphatic carbocycles. The minimum absolute atomic E-state index is 0.0598. The Bertz CT molecular complexity index is 492. The van der Waals surface area contributed by atoms with Crippen molar-refractivity contribution in [3.05, 3.63) is 30.2 Å². The summed E-state index contributed by atoms with van der Waals surface area (Å²) in [7, 11) is 0. The predicted octanol–water partition coefficient (Wildman–Crippen LogP) is 1.31. The molecule has 0 amide bonds. The van der Waals surface area contributed by atoms with E-state index in [2.05, 4.69) is 10.2 Å². The Morgan fingerprint density at radius 1 is 1.67 bits per heavy atom. The SMILES string of the molecule is CC(CC(=O)O)c1cccn2cnnc12. The largest absolute Gasteiger partial charge is 0.481 e. The molecule has 2 rings (SSSR count). The zero-order valence-electron chi connectivity index (χ0n) is 8.29. The minimum Gasteiger partial charge on any atom is -0.481 e. The van der Waals surface area contributed by atoms with Gasteiger partial charge in [0.1, 0.15) is 6.33 Å². The maximum absolute atomic E-state index is 10.6. The summed E-state index contributed by atoms with van der Waals surface area (Å²) in [6.07, 6.45) is 3.55. The highest BCUT2D eigenvalue weighted by molar-refractivity contribution is 5.68. The third kappa shape index (κ3) is 1.81. The third-order valence-corrected chi connectivity index (χ3v) is 2.37. The number of pyridine rings is 1. The van der Waals surface area contributed by atoms with Gasteiger partial charge in [0.05, 0.1) is 6.42 Å². The first-order chi connectivity index (χ1) is 7.18. The topological polar surface area (TPSA) is 67.5 Å². The van der Waals surface area contributed by atoms with Gasteiger partial charge < -0.3 is 5.11 Å². The van der Waals surface area contributed by atoms with E-state index in [4.69, 9.17) is 5.11 Å². The lowest BCUT2D eigenvalue weighted by Crippen LogP contribution is -2.04. The van der Waals surface area contributed by atoms with Crippen LogP contribution in [0.4, 0.5) is 0 Å². The van der Waals surface area contributed by atoms with Gasteiger partial charge in [0, 0.05) is 11.8 Å². The average Bonchev–Trinajstić information content (AvgIpc) is 2.63. The number of carboxylic acid groups (broad SMARTS) is 1. The van der Waals surface area contributed by atoms with E-state index in [0.717, 1.165) is 11.2 Å². The minimum atomic E-state index is -0.802. The van der Waals surface area contributed by atoms with Crippen molar-refractivity contribution in [3.8, 4) is 0 Å². The van der Waals surface area contributed by atoms with Crippen molar-refractivity contribution in [2.45, 2.75) is 19.3 Å². The molecule has 5 heteroatoms. The molecule has 0 radical (unpaired) electrons. The van der Waals surface area contributed by atoms with E-state index in [-0.39, 0.29) is 12.3 Å². The number of hydrogen-bond donors (Lipinski definition) is 1. The second kappa shape index (κ2) is 3.68. The molecule has 1 atom stereocenters. The number of aliphatic carboxylic acids is 1. The smallest absolute Gasteiger partial charge is 0.303 e. The number of hydrogen-bond acceptors (Lipinski definition) is 3. The number of carboxylic acids is 1. The van der Waals surface area contributed by atoms with E-state index in [9.17, 15) is 4.79 Å². The molecule has 0 aliphatic heterocycles. The highest BCUT2D eigenvalue weighted by Crippen LogP contribution is 2.21. The van der Waals surface area contributed by atoms with Gasteiger partial charge in [-0.15, -0.1) is 10.2 Å². The van der Waals surface area contributed by atoms with Gasteiger partial charge in [0.25, 0.3) is 0 Å². The summed E-state index contributed by atoms with van der Waals surface area (Å²) in [5, 5.41) is 16.5. The maximum atomic E-state index is 10.6. The Morgan fingerprint density at radius 2 is 2.47 bits per heavy atom. The fourth-order valence-corrected chi connectivity index (χ4v) is 1.63. The van der Waals surface area contributed by atoms with E-state index in [1.165, 1.54) is 0 Å². The van der Waals surface area contributed by atoms with Crippen LogP contribution in [0.15, 0.2) is 24.7 Å². The van der Waals surface area contributed by atoms with Crippen LogP contribution >= 0.6 is 0 Å². The molecule has 0 aliphatic rings. The monoisotopic (exact) mass is 205 g/mol. The van der Waals surface area contributed by atoms with Crippen LogP contribution in [0.3, 0.4) is 0 Å². The lowest BCUT2D eigenvalue weighted by molar-refractivity contribution is -0.137. The zero-order chi connectivity index (χ0) is 10.8. The van der Waals surface area contributed by atoms with Gasteiger partial charge in [-0.2, -0.15) is 0 Å². The van der Waals surface area contributed by atoms with Crippen LogP contribution in [0.1, 0.15) is 24.8 Å². The molecular formula is C10H11N3O2. The van der Waals surface area contributed by atoms with Crippen molar-refractivity contribution in [2.75, 3.05) is 0 Å². The van der Waals surface area contributed by atoms with Crippen LogP contribution in [-0.2, 0) is 4.79 Å². The molecule has 5 nitrogen and oxygen atoms in total. The van der Waals surface area contributed by atoms with Crippen LogP contribution in [0.2, 0.25) is 0 Å². The van der Waals surface area contributed by atoms with E-state index < -0.39 is 5.97 Å². The maximum Gasteiger partial charge on any atom is 0.303 e. The van der Waals surface area contributed by atoms with Crippen LogP contribution < -0.4 is 0 Å². The quantitative estimate of drug-likeness (QED) is 0.820. The van der Waals surface area contributed by atoms with E-state index in [0.29, 0.717) is 0 Å². The molecular weight excluding hydrogens is 194 g/mol. The number of carbonyl (C=O) groups is 1. The van der Waals surface area contributed by atoms with E-state index >= 15 is 0 Å². The number of fused-ring (bicyclic) bond motifs is 1. The lowest BCUT2D eigenvalue weighted by Gasteiger charge is -2.09. The van der Waals surface area contributed by atoms with Gasteiger partial charge in [0.2, 0.25) is 0 Å². The van der Waals surface area contributed by atoms with Crippen molar-refractivity contribution < 1.29 is 9.90 Å². The Balaban J connectivity index is 2.42. The van der Waals surface area contributed by atoms with Crippen LogP contribution in [0, 0.1) is 0 Å². The molecule has 0 aromatic carbocycles. The van der Waals surface area contributed by atoms with Crippen molar-refractivity contribution in [2.24, 2.45) is 0 Å². The molecule has 0 fully saturated rings. The normalized spacial score (nSPS) is 12.9. The molecule has 2 aromatic heterocycles. The molecule has 2 heterocycles. The summed E-state index contributed by atoms with van der Waals surface area (Å²) in [6, 6.07) is 3.75. The van der Waals surface area contributed by atoms with Gasteiger partial charge in [-0.25, -0.2) is 0 Å². The zero-order valence-corrected chi connectivity index (χ0v) is 8.29. The fourth-order valence-electron chi connectivity index (χ4n) is 1.63. The van der Waals surface area contributed by atoms with Crippen molar-refractivity contribution >= 4 is 11.6 Å². The second-order valence-corrected chi connectivity index (χ2v) is 3.52. The lowest BCUT2D eigenvalue weighted by atomic mass is 9.99. The Morgan fingerprint density at radius 3 is 3.20 bits per heavy atom. The molecule has 0 bridgehead atoms. The second-order valence-electron chi connectivity index (χ2n) is 3.52. The van der Waals surface area contributed by atoms with Gasteiger partial charge in [0.15, 0.2) is 5.65 Å². The summed E-state index contributed by atoms with van der Waals surface area (Å²) in [5.74, 6) is -0.862. The number of aromatic nitrogens is 3. The first kappa shape index (κ1) is 9.64. The number of nitrogens with zero attached hydrogens (tertiary/aromatic N) is 3. The summed E-state index contributed by atoms with van der Waals surface area (Å²) in [4.78, 5) is 10.6. The van der Waals surface area contributed by atoms with Crippen molar-refractivity contribution in [1.82, 2.24) is 14.6 Å². The highest BCUT2D eigenvalue weighted by atomic mass is 16.4. The Labute approximate surface area is 86.4 Å². The van der Waals surface area contributed by atoms with E-state index in [1.807, 2.05) is 25.3 Å². The standard InChI is InChI=1S/C10H11N3O2/c1-7(5-9(14)15)8-3-2-4-13-6-11-12-10(8)13/h2-4,6-7H,5H2,1H3,(H,14,15).